The molecule has 1 aliphatic carbocycles. The lowest BCUT2D eigenvalue weighted by Crippen LogP contribution is -2.51. The molecular formula is C28H34FN5O3S2. The number of sulfonamides is 1. The van der Waals surface area contributed by atoms with Crippen LogP contribution >= 0.6 is 11.3 Å². The Morgan fingerprint density at radius 3 is 2.59 bits per heavy atom. The number of aromatic nitrogens is 1. The van der Waals surface area contributed by atoms with Gasteiger partial charge in [0.1, 0.15) is 11.6 Å². The molecule has 1 saturated heterocycles. The minimum Gasteiger partial charge on any atom is -0.496 e. The molecule has 11 heteroatoms. The Labute approximate surface area is 233 Å². The minimum atomic E-state index is -3.74. The largest absolute Gasteiger partial charge is 0.496 e. The second-order valence-electron chi connectivity index (χ2n) is 10.2. The van der Waals surface area contributed by atoms with Crippen LogP contribution in [0.3, 0.4) is 0 Å². The lowest BCUT2D eigenvalue weighted by atomic mass is 9.96. The highest BCUT2D eigenvalue weighted by atomic mass is 32.2. The van der Waals surface area contributed by atoms with Gasteiger partial charge in [0.2, 0.25) is 0 Å². The smallest absolute Gasteiger partial charge is 0.261 e. The van der Waals surface area contributed by atoms with Crippen molar-refractivity contribution in [3.05, 3.63) is 63.7 Å². The highest BCUT2D eigenvalue weighted by Gasteiger charge is 2.38. The van der Waals surface area contributed by atoms with E-state index in [1.54, 1.807) is 31.5 Å². The first-order valence-corrected chi connectivity index (χ1v) is 15.5. The van der Waals surface area contributed by atoms with Gasteiger partial charge in [-0.05, 0) is 56.0 Å². The van der Waals surface area contributed by atoms with E-state index in [-0.39, 0.29) is 23.4 Å². The number of piperazine rings is 1. The quantitative estimate of drug-likeness (QED) is 0.326. The second-order valence-corrected chi connectivity index (χ2v) is 13.1. The van der Waals surface area contributed by atoms with E-state index in [0.29, 0.717) is 46.7 Å². The van der Waals surface area contributed by atoms with Crippen molar-refractivity contribution in [2.24, 2.45) is 5.92 Å². The van der Waals surface area contributed by atoms with Crippen LogP contribution in [-0.4, -0.2) is 62.1 Å². The summed E-state index contributed by atoms with van der Waals surface area (Å²) in [4.78, 5) is 6.65. The predicted molar refractivity (Wildman–Crippen MR) is 152 cm³/mol. The predicted octanol–water partition coefficient (Wildman–Crippen LogP) is 5.58. The number of hydrogen-bond donors (Lipinski definition) is 2. The van der Waals surface area contributed by atoms with Gasteiger partial charge in [-0.3, -0.25) is 4.90 Å². The van der Waals surface area contributed by atoms with Gasteiger partial charge in [-0.25, -0.2) is 17.8 Å². The molecule has 1 aromatic heterocycles. The fraction of sp³-hybridized carbons (Fsp3) is 0.429. The van der Waals surface area contributed by atoms with Crippen LogP contribution in [0.25, 0.3) is 0 Å². The summed E-state index contributed by atoms with van der Waals surface area (Å²) < 4.78 is 47.9. The normalized spacial score (nSPS) is 19.3. The number of halogens is 1. The summed E-state index contributed by atoms with van der Waals surface area (Å²) in [7, 11) is -2.14. The van der Waals surface area contributed by atoms with Crippen molar-refractivity contribution in [3.63, 3.8) is 0 Å². The van der Waals surface area contributed by atoms with E-state index in [4.69, 9.17) is 10.1 Å². The van der Waals surface area contributed by atoms with Crippen LogP contribution in [0.5, 0.6) is 5.75 Å². The maximum atomic E-state index is 13.5. The molecule has 0 amide bonds. The highest BCUT2D eigenvalue weighted by molar-refractivity contribution is 7.89. The molecular weight excluding hydrogens is 537 g/mol. The number of hydrogen-bond acceptors (Lipinski definition) is 8. The highest BCUT2D eigenvalue weighted by Crippen LogP contribution is 2.39. The van der Waals surface area contributed by atoms with Crippen LogP contribution in [-0.2, 0) is 10.0 Å². The molecule has 0 radical (unpaired) electrons. The van der Waals surface area contributed by atoms with Crippen LogP contribution in [0.2, 0.25) is 0 Å². The summed E-state index contributed by atoms with van der Waals surface area (Å²) >= 11 is 1.33. The Kier molecular flexibility index (Phi) is 8.32. The molecule has 1 atom stereocenters. The lowest BCUT2D eigenvalue weighted by Gasteiger charge is -2.42. The van der Waals surface area contributed by atoms with Crippen molar-refractivity contribution in [1.82, 2.24) is 14.2 Å². The maximum Gasteiger partial charge on any atom is 0.261 e. The monoisotopic (exact) mass is 571 g/mol. The molecule has 2 aliphatic rings. The van der Waals surface area contributed by atoms with Crippen LogP contribution in [0.4, 0.5) is 15.8 Å². The van der Waals surface area contributed by atoms with Gasteiger partial charge in [-0.1, -0.05) is 12.8 Å². The number of ether oxygens (including phenoxy) is 1. The van der Waals surface area contributed by atoms with E-state index in [1.807, 2.05) is 12.1 Å². The van der Waals surface area contributed by atoms with E-state index < -0.39 is 10.0 Å². The zero-order valence-corrected chi connectivity index (χ0v) is 23.8. The number of thiazole rings is 1. The molecule has 39 heavy (non-hydrogen) atoms. The fourth-order valence-electron chi connectivity index (χ4n) is 5.61. The third-order valence-electron chi connectivity index (χ3n) is 7.66. The Balaban J connectivity index is 1.51. The number of aryl methyl sites for hydroxylation is 1. The van der Waals surface area contributed by atoms with Crippen LogP contribution < -0.4 is 10.1 Å². The molecule has 1 unspecified atom stereocenters. The number of methoxy groups -OCH3 is 1. The van der Waals surface area contributed by atoms with Gasteiger partial charge in [0.25, 0.3) is 10.0 Å². The van der Waals surface area contributed by atoms with E-state index >= 15 is 0 Å². The topological polar surface area (TPSA) is 98.6 Å². The maximum absolute atomic E-state index is 13.5. The van der Waals surface area contributed by atoms with Crippen LogP contribution in [0.15, 0.2) is 46.8 Å². The van der Waals surface area contributed by atoms with Crippen molar-refractivity contribution in [1.29, 1.82) is 5.41 Å². The second kappa shape index (κ2) is 11.7. The average Bonchev–Trinajstić information content (AvgIpc) is 3.62. The van der Waals surface area contributed by atoms with Gasteiger partial charge in [0.05, 0.1) is 23.8 Å². The van der Waals surface area contributed by atoms with E-state index in [1.165, 1.54) is 59.7 Å². The molecule has 0 spiro atoms. The molecule has 1 aliphatic heterocycles. The van der Waals surface area contributed by atoms with Crippen molar-refractivity contribution in [2.45, 2.75) is 43.7 Å². The molecule has 8 nitrogen and oxygen atoms in total. The van der Waals surface area contributed by atoms with Crippen LogP contribution in [0.1, 0.15) is 47.9 Å². The molecule has 2 N–H and O–H groups in total. The van der Waals surface area contributed by atoms with Crippen molar-refractivity contribution in [2.75, 3.05) is 38.6 Å². The molecule has 2 aromatic carbocycles. The molecule has 3 aromatic rings. The van der Waals surface area contributed by atoms with Gasteiger partial charge in [-0.2, -0.15) is 4.31 Å². The fourth-order valence-corrected chi connectivity index (χ4v) is 7.95. The number of anilines is 2. The summed E-state index contributed by atoms with van der Waals surface area (Å²) in [5.74, 6) is 0.868. The summed E-state index contributed by atoms with van der Waals surface area (Å²) in [6.07, 6.45) is 6.11. The number of benzene rings is 2. The van der Waals surface area contributed by atoms with Crippen LogP contribution in [0, 0.1) is 24.1 Å². The van der Waals surface area contributed by atoms with Crippen molar-refractivity contribution in [3.8, 4) is 5.75 Å². The van der Waals surface area contributed by atoms with Gasteiger partial charge in [0, 0.05) is 60.7 Å². The van der Waals surface area contributed by atoms with Gasteiger partial charge in [0.15, 0.2) is 5.03 Å². The molecule has 1 saturated carbocycles. The van der Waals surface area contributed by atoms with Crippen molar-refractivity contribution >= 4 is 38.9 Å². The van der Waals surface area contributed by atoms with Gasteiger partial charge >= 0.3 is 0 Å². The lowest BCUT2D eigenvalue weighted by molar-refractivity contribution is 0.0984. The molecule has 0 bridgehead atoms. The summed E-state index contributed by atoms with van der Waals surface area (Å²) in [5, 5.41) is 13.8. The van der Waals surface area contributed by atoms with Gasteiger partial charge in [-0.15, -0.1) is 11.3 Å². The zero-order chi connectivity index (χ0) is 27.6. The third kappa shape index (κ3) is 6.01. The Morgan fingerprint density at radius 1 is 1.21 bits per heavy atom. The average molecular weight is 572 g/mol. The summed E-state index contributed by atoms with van der Waals surface area (Å²) in [6.45, 7) is 3.96. The number of nitrogens with one attached hydrogen (secondary N) is 2. The number of rotatable bonds is 9. The summed E-state index contributed by atoms with van der Waals surface area (Å²) in [6, 6.07) is 9.52. The van der Waals surface area contributed by atoms with Crippen molar-refractivity contribution < 1.29 is 17.5 Å². The Morgan fingerprint density at radius 2 is 1.95 bits per heavy atom. The zero-order valence-electron chi connectivity index (χ0n) is 22.2. The Bertz CT molecular complexity index is 1420. The third-order valence-corrected chi connectivity index (χ3v) is 10.3. The standard InChI is InChI=1S/C28H34FN5O3S2/c1-19-31-28(18-38-19)39(35,36)34-12-11-33(16-20-5-3-4-6-20)26(17-34)24-13-21(15-30)25(14-27(24)37-2)32-23-9-7-22(29)8-10-23/h7-10,13-15,18,20,26,30,32H,3-6,11-12,16-17H2,1-2H3. The van der Waals surface area contributed by atoms with E-state index in [0.717, 1.165) is 12.1 Å². The molecule has 5 rings (SSSR count). The molecule has 2 heterocycles. The Hall–Kier alpha value is -2.86. The first-order valence-electron chi connectivity index (χ1n) is 13.2. The summed E-state index contributed by atoms with van der Waals surface area (Å²) in [5.41, 5.74) is 2.81. The first kappa shape index (κ1) is 27.7. The minimum absolute atomic E-state index is 0.0963. The SMILES string of the molecule is COc1cc(Nc2ccc(F)cc2)c(C=N)cc1C1CN(S(=O)(=O)c2csc(C)n2)CCN1CC1CCCC1. The number of nitrogens with zero attached hydrogens (tertiary/aromatic N) is 3. The molecule has 2 fully saturated rings. The van der Waals surface area contributed by atoms with E-state index in [2.05, 4.69) is 15.2 Å². The van der Waals surface area contributed by atoms with Gasteiger partial charge < -0.3 is 15.5 Å². The molecule has 208 valence electrons. The van der Waals surface area contributed by atoms with E-state index in [9.17, 15) is 12.8 Å². The first-order chi connectivity index (χ1) is 18.8.